The second-order valence-electron chi connectivity index (χ2n) is 5.86. The van der Waals surface area contributed by atoms with Gasteiger partial charge < -0.3 is 4.90 Å². The van der Waals surface area contributed by atoms with E-state index >= 15 is 0 Å². The molecule has 0 bridgehead atoms. The van der Waals surface area contributed by atoms with Crippen LogP contribution in [0.5, 0.6) is 0 Å². The molecular formula is C18H18N4O. The van der Waals surface area contributed by atoms with Crippen molar-refractivity contribution in [2.24, 2.45) is 0 Å². The van der Waals surface area contributed by atoms with E-state index in [-0.39, 0.29) is 5.91 Å². The Kier molecular flexibility index (Phi) is 3.54. The Morgan fingerprint density at radius 1 is 1.04 bits per heavy atom. The third-order valence-corrected chi connectivity index (χ3v) is 4.31. The van der Waals surface area contributed by atoms with Gasteiger partial charge in [0.1, 0.15) is 11.5 Å². The van der Waals surface area contributed by atoms with Crippen molar-refractivity contribution in [3.8, 4) is 5.82 Å². The number of hydrogen-bond donors (Lipinski definition) is 0. The molecule has 116 valence electrons. The van der Waals surface area contributed by atoms with Crippen LogP contribution in [0.25, 0.3) is 16.9 Å². The van der Waals surface area contributed by atoms with Crippen molar-refractivity contribution in [1.82, 2.24) is 19.4 Å². The lowest BCUT2D eigenvalue weighted by Crippen LogP contribution is -2.35. The molecular weight excluding hydrogens is 288 g/mol. The Hall–Kier alpha value is -2.69. The molecule has 0 atom stereocenters. The molecule has 0 aliphatic carbocycles. The third-order valence-electron chi connectivity index (χ3n) is 4.31. The highest BCUT2D eigenvalue weighted by Gasteiger charge is 2.19. The fourth-order valence-electron chi connectivity index (χ4n) is 3.10. The van der Waals surface area contributed by atoms with Gasteiger partial charge in [-0.25, -0.2) is 9.97 Å². The van der Waals surface area contributed by atoms with Gasteiger partial charge in [0.15, 0.2) is 0 Å². The van der Waals surface area contributed by atoms with Crippen molar-refractivity contribution < 1.29 is 4.79 Å². The van der Waals surface area contributed by atoms with Crippen molar-refractivity contribution >= 4 is 16.9 Å². The van der Waals surface area contributed by atoms with Crippen LogP contribution in [0.1, 0.15) is 29.6 Å². The zero-order chi connectivity index (χ0) is 15.6. The van der Waals surface area contributed by atoms with Crippen LogP contribution < -0.4 is 0 Å². The normalized spacial score (nSPS) is 15.0. The maximum atomic E-state index is 12.6. The predicted molar refractivity (Wildman–Crippen MR) is 88.6 cm³/mol. The molecule has 0 spiro atoms. The summed E-state index contributed by atoms with van der Waals surface area (Å²) in [5, 5.41) is 0.957. The van der Waals surface area contributed by atoms with Gasteiger partial charge in [-0.05, 0) is 43.5 Å². The van der Waals surface area contributed by atoms with Crippen molar-refractivity contribution in [2.45, 2.75) is 19.3 Å². The highest BCUT2D eigenvalue weighted by molar-refractivity contribution is 5.97. The minimum Gasteiger partial charge on any atom is -0.339 e. The van der Waals surface area contributed by atoms with Gasteiger partial charge >= 0.3 is 0 Å². The molecule has 5 nitrogen and oxygen atoms in total. The average Bonchev–Trinajstić information content (AvgIpc) is 3.06. The molecule has 0 radical (unpaired) electrons. The lowest BCUT2D eigenvalue weighted by molar-refractivity contribution is 0.0724. The second-order valence-corrected chi connectivity index (χ2v) is 5.86. The Morgan fingerprint density at radius 2 is 1.91 bits per heavy atom. The standard InChI is InChI=1S/C18H18N4O/c23-18(21-9-4-1-5-10-21)15-12-14-7-11-22(17(14)20-13-15)16-6-2-3-8-19-16/h2-3,6-8,11-13H,1,4-5,9-10H2. The highest BCUT2D eigenvalue weighted by Crippen LogP contribution is 2.20. The molecule has 3 aromatic rings. The van der Waals surface area contributed by atoms with E-state index in [0.29, 0.717) is 5.56 Å². The van der Waals surface area contributed by atoms with E-state index in [0.717, 1.165) is 42.8 Å². The zero-order valence-electron chi connectivity index (χ0n) is 12.9. The second kappa shape index (κ2) is 5.83. The number of likely N-dealkylation sites (tertiary alicyclic amines) is 1. The van der Waals surface area contributed by atoms with Crippen molar-refractivity contribution in [1.29, 1.82) is 0 Å². The number of carbonyl (C=O) groups excluding carboxylic acids is 1. The van der Waals surface area contributed by atoms with Gasteiger partial charge in [-0.1, -0.05) is 6.07 Å². The van der Waals surface area contributed by atoms with E-state index in [4.69, 9.17) is 0 Å². The number of aromatic nitrogens is 3. The number of hydrogen-bond acceptors (Lipinski definition) is 3. The van der Waals surface area contributed by atoms with Crippen molar-refractivity contribution in [2.75, 3.05) is 13.1 Å². The summed E-state index contributed by atoms with van der Waals surface area (Å²) < 4.78 is 1.94. The van der Waals surface area contributed by atoms with E-state index < -0.39 is 0 Å². The Balaban J connectivity index is 1.68. The number of nitrogens with zero attached hydrogens (tertiary/aromatic N) is 4. The first-order valence-electron chi connectivity index (χ1n) is 8.01. The number of fused-ring (bicyclic) bond motifs is 1. The first-order chi connectivity index (χ1) is 11.3. The fourth-order valence-corrected chi connectivity index (χ4v) is 3.10. The lowest BCUT2D eigenvalue weighted by Gasteiger charge is -2.26. The molecule has 1 amide bonds. The Labute approximate surface area is 134 Å². The molecule has 0 saturated carbocycles. The molecule has 0 N–H and O–H groups in total. The summed E-state index contributed by atoms with van der Waals surface area (Å²) in [5.74, 6) is 0.912. The van der Waals surface area contributed by atoms with Gasteiger partial charge in [0.05, 0.1) is 5.56 Å². The summed E-state index contributed by atoms with van der Waals surface area (Å²) in [7, 11) is 0. The number of carbonyl (C=O) groups is 1. The molecule has 0 aromatic carbocycles. The minimum absolute atomic E-state index is 0.0877. The van der Waals surface area contributed by atoms with Gasteiger partial charge in [0.2, 0.25) is 0 Å². The molecule has 4 rings (SSSR count). The van der Waals surface area contributed by atoms with Gasteiger partial charge in [-0.2, -0.15) is 0 Å². The molecule has 5 heteroatoms. The quantitative estimate of drug-likeness (QED) is 0.731. The number of amides is 1. The van der Waals surface area contributed by atoms with Crippen LogP contribution in [0.3, 0.4) is 0 Å². The first kappa shape index (κ1) is 13.9. The SMILES string of the molecule is O=C(c1cnc2c(ccn2-c2ccccn2)c1)N1CCCCC1. The summed E-state index contributed by atoms with van der Waals surface area (Å²) in [6.07, 6.45) is 8.78. The minimum atomic E-state index is 0.0877. The zero-order valence-corrected chi connectivity index (χ0v) is 12.9. The predicted octanol–water partition coefficient (Wildman–Crippen LogP) is 3.05. The maximum Gasteiger partial charge on any atom is 0.255 e. The van der Waals surface area contributed by atoms with Crippen LogP contribution in [-0.4, -0.2) is 38.4 Å². The van der Waals surface area contributed by atoms with Crippen molar-refractivity contribution in [3.05, 3.63) is 54.5 Å². The van der Waals surface area contributed by atoms with Gasteiger partial charge in [0.25, 0.3) is 5.91 Å². The molecule has 3 aromatic heterocycles. The summed E-state index contributed by atoms with van der Waals surface area (Å²) >= 11 is 0. The first-order valence-corrected chi connectivity index (χ1v) is 8.01. The number of rotatable bonds is 2. The van der Waals surface area contributed by atoms with E-state index in [1.165, 1.54) is 6.42 Å². The lowest BCUT2D eigenvalue weighted by atomic mass is 10.1. The largest absolute Gasteiger partial charge is 0.339 e. The smallest absolute Gasteiger partial charge is 0.255 e. The third kappa shape index (κ3) is 2.59. The molecule has 23 heavy (non-hydrogen) atoms. The van der Waals surface area contributed by atoms with Gasteiger partial charge in [0, 0.05) is 37.1 Å². The van der Waals surface area contributed by atoms with Crippen LogP contribution in [0.4, 0.5) is 0 Å². The summed E-state index contributed by atoms with van der Waals surface area (Å²) in [6.45, 7) is 1.71. The monoisotopic (exact) mass is 306 g/mol. The van der Waals surface area contributed by atoms with Gasteiger partial charge in [-0.15, -0.1) is 0 Å². The molecule has 1 fully saturated rings. The number of pyridine rings is 2. The maximum absolute atomic E-state index is 12.6. The van der Waals surface area contributed by atoms with Crippen LogP contribution in [0.15, 0.2) is 48.9 Å². The van der Waals surface area contributed by atoms with E-state index in [1.807, 2.05) is 46.0 Å². The Morgan fingerprint density at radius 3 is 2.70 bits per heavy atom. The van der Waals surface area contributed by atoms with Crippen molar-refractivity contribution in [3.63, 3.8) is 0 Å². The molecule has 1 aliphatic rings. The molecule has 1 saturated heterocycles. The van der Waals surface area contributed by atoms with Crippen LogP contribution in [0, 0.1) is 0 Å². The molecule has 0 unspecified atom stereocenters. The van der Waals surface area contributed by atoms with Gasteiger partial charge in [-0.3, -0.25) is 9.36 Å². The summed E-state index contributed by atoms with van der Waals surface area (Å²) in [6, 6.07) is 9.68. The topological polar surface area (TPSA) is 51.0 Å². The summed E-state index contributed by atoms with van der Waals surface area (Å²) in [5.41, 5.74) is 1.48. The molecule has 4 heterocycles. The fraction of sp³-hybridized carbons (Fsp3) is 0.278. The Bertz CT molecular complexity index is 835. The van der Waals surface area contributed by atoms with E-state index in [1.54, 1.807) is 12.4 Å². The van der Waals surface area contributed by atoms with Crippen LogP contribution in [0.2, 0.25) is 0 Å². The van der Waals surface area contributed by atoms with E-state index in [2.05, 4.69) is 9.97 Å². The number of piperidine rings is 1. The highest BCUT2D eigenvalue weighted by atomic mass is 16.2. The summed E-state index contributed by atoms with van der Waals surface area (Å²) in [4.78, 5) is 23.4. The van der Waals surface area contributed by atoms with Crippen LogP contribution >= 0.6 is 0 Å². The van der Waals surface area contributed by atoms with Crippen LogP contribution in [-0.2, 0) is 0 Å². The van der Waals surface area contributed by atoms with E-state index in [9.17, 15) is 4.79 Å². The molecule has 1 aliphatic heterocycles. The average molecular weight is 306 g/mol.